The van der Waals surface area contributed by atoms with Crippen LogP contribution >= 0.6 is 0 Å². The Labute approximate surface area is 104 Å². The predicted octanol–water partition coefficient (Wildman–Crippen LogP) is 2.95. The summed E-state index contributed by atoms with van der Waals surface area (Å²) in [5.41, 5.74) is 1.14. The molecule has 1 heterocycles. The van der Waals surface area contributed by atoms with E-state index in [0.717, 1.165) is 31.4 Å². The van der Waals surface area contributed by atoms with Gasteiger partial charge in [-0.3, -0.25) is 4.68 Å². The minimum absolute atomic E-state index is 0.113. The molecule has 0 amide bonds. The van der Waals surface area contributed by atoms with E-state index in [1.807, 2.05) is 4.68 Å². The highest BCUT2D eigenvalue weighted by atomic mass is 16.3. The number of hydrogen-bond acceptors (Lipinski definition) is 2. The molecule has 3 nitrogen and oxygen atoms in total. The van der Waals surface area contributed by atoms with Crippen LogP contribution in [0.4, 0.5) is 0 Å². The van der Waals surface area contributed by atoms with Gasteiger partial charge in [-0.05, 0) is 44.6 Å². The summed E-state index contributed by atoms with van der Waals surface area (Å²) in [7, 11) is 0. The van der Waals surface area contributed by atoms with Crippen LogP contribution in [0, 0.1) is 5.92 Å². The number of aromatic nitrogens is 2. The van der Waals surface area contributed by atoms with E-state index in [4.69, 9.17) is 0 Å². The number of rotatable bonds is 4. The van der Waals surface area contributed by atoms with Gasteiger partial charge < -0.3 is 5.11 Å². The first-order valence-corrected chi connectivity index (χ1v) is 6.92. The first-order chi connectivity index (χ1) is 8.20. The highest BCUT2D eigenvalue weighted by Gasteiger charge is 2.23. The molecule has 1 aromatic heterocycles. The van der Waals surface area contributed by atoms with Crippen molar-refractivity contribution < 1.29 is 5.11 Å². The van der Waals surface area contributed by atoms with E-state index in [1.165, 1.54) is 12.8 Å². The summed E-state index contributed by atoms with van der Waals surface area (Å²) in [6, 6.07) is 2.58. The van der Waals surface area contributed by atoms with Gasteiger partial charge in [0, 0.05) is 12.2 Å². The summed E-state index contributed by atoms with van der Waals surface area (Å²) in [6.07, 6.45) is 8.55. The van der Waals surface area contributed by atoms with Crippen molar-refractivity contribution in [3.63, 3.8) is 0 Å². The van der Waals surface area contributed by atoms with E-state index < -0.39 is 0 Å². The Balaban J connectivity index is 1.96. The molecule has 1 aliphatic rings. The molecule has 1 N–H and O–H groups in total. The number of hydrogen-bond donors (Lipinski definition) is 1. The standard InChI is InChI=1S/C14H24N2O/c1-3-11(2)16-9-8-13(15-16)10-12-6-4-5-7-14(12)17/h8-9,11-12,14,17H,3-7,10H2,1-2H3. The van der Waals surface area contributed by atoms with Crippen molar-refractivity contribution in [1.29, 1.82) is 0 Å². The maximum absolute atomic E-state index is 9.96. The second kappa shape index (κ2) is 5.67. The van der Waals surface area contributed by atoms with Gasteiger partial charge in [-0.1, -0.05) is 19.8 Å². The van der Waals surface area contributed by atoms with E-state index in [1.54, 1.807) is 0 Å². The third-order valence-corrected chi connectivity index (χ3v) is 4.05. The molecule has 3 atom stereocenters. The van der Waals surface area contributed by atoms with E-state index >= 15 is 0 Å². The van der Waals surface area contributed by atoms with Crippen LogP contribution in [0.1, 0.15) is 57.7 Å². The lowest BCUT2D eigenvalue weighted by Gasteiger charge is -2.26. The van der Waals surface area contributed by atoms with Crippen molar-refractivity contribution in [3.05, 3.63) is 18.0 Å². The molecule has 0 saturated heterocycles. The van der Waals surface area contributed by atoms with Gasteiger partial charge in [0.1, 0.15) is 0 Å². The van der Waals surface area contributed by atoms with Crippen LogP contribution in [0.3, 0.4) is 0 Å². The molecule has 2 rings (SSSR count). The third-order valence-electron chi connectivity index (χ3n) is 4.05. The van der Waals surface area contributed by atoms with E-state index in [2.05, 4.69) is 31.2 Å². The summed E-state index contributed by atoms with van der Waals surface area (Å²) in [6.45, 7) is 4.36. The predicted molar refractivity (Wildman–Crippen MR) is 68.9 cm³/mol. The molecule has 1 aromatic rings. The first kappa shape index (κ1) is 12.6. The van der Waals surface area contributed by atoms with Crippen molar-refractivity contribution in [1.82, 2.24) is 9.78 Å². The minimum atomic E-state index is -0.113. The zero-order chi connectivity index (χ0) is 12.3. The molecule has 96 valence electrons. The van der Waals surface area contributed by atoms with Crippen LogP contribution < -0.4 is 0 Å². The van der Waals surface area contributed by atoms with Gasteiger partial charge in [0.15, 0.2) is 0 Å². The average molecular weight is 236 g/mol. The Bertz CT molecular complexity index is 348. The maximum atomic E-state index is 9.96. The van der Waals surface area contributed by atoms with Gasteiger partial charge in [0.25, 0.3) is 0 Å². The van der Waals surface area contributed by atoms with Gasteiger partial charge in [-0.2, -0.15) is 5.10 Å². The molecule has 1 saturated carbocycles. The summed E-state index contributed by atoms with van der Waals surface area (Å²) in [4.78, 5) is 0. The van der Waals surface area contributed by atoms with E-state index in [-0.39, 0.29) is 6.10 Å². The second-order valence-corrected chi connectivity index (χ2v) is 5.36. The summed E-state index contributed by atoms with van der Waals surface area (Å²) < 4.78 is 2.05. The van der Waals surface area contributed by atoms with Crippen molar-refractivity contribution in [2.24, 2.45) is 5.92 Å². The zero-order valence-electron chi connectivity index (χ0n) is 11.0. The zero-order valence-corrected chi connectivity index (χ0v) is 11.0. The van der Waals surface area contributed by atoms with Crippen LogP contribution in [0.25, 0.3) is 0 Å². The van der Waals surface area contributed by atoms with Crippen molar-refractivity contribution in [2.75, 3.05) is 0 Å². The third kappa shape index (κ3) is 3.09. The molecule has 0 aliphatic heterocycles. The van der Waals surface area contributed by atoms with Crippen molar-refractivity contribution in [3.8, 4) is 0 Å². The number of nitrogens with zero attached hydrogens (tertiary/aromatic N) is 2. The largest absolute Gasteiger partial charge is 0.393 e. The molecular formula is C14H24N2O. The quantitative estimate of drug-likeness (QED) is 0.872. The molecule has 1 fully saturated rings. The lowest BCUT2D eigenvalue weighted by molar-refractivity contribution is 0.0694. The van der Waals surface area contributed by atoms with E-state index in [9.17, 15) is 5.11 Å². The maximum Gasteiger partial charge on any atom is 0.0628 e. The van der Waals surface area contributed by atoms with Crippen LogP contribution in [-0.2, 0) is 6.42 Å². The Morgan fingerprint density at radius 2 is 2.24 bits per heavy atom. The smallest absolute Gasteiger partial charge is 0.0628 e. The Kier molecular flexibility index (Phi) is 4.21. The summed E-state index contributed by atoms with van der Waals surface area (Å²) >= 11 is 0. The van der Waals surface area contributed by atoms with Gasteiger partial charge in [-0.25, -0.2) is 0 Å². The fourth-order valence-corrected chi connectivity index (χ4v) is 2.61. The fraction of sp³-hybridized carbons (Fsp3) is 0.786. The Hall–Kier alpha value is -0.830. The van der Waals surface area contributed by atoms with Crippen LogP contribution in [-0.4, -0.2) is 21.0 Å². The monoisotopic (exact) mass is 236 g/mol. The molecule has 0 bridgehead atoms. The summed E-state index contributed by atoms with van der Waals surface area (Å²) in [5.74, 6) is 0.420. The molecule has 0 radical (unpaired) electrons. The molecule has 1 aliphatic carbocycles. The van der Waals surface area contributed by atoms with Crippen LogP contribution in [0.15, 0.2) is 12.3 Å². The Morgan fingerprint density at radius 1 is 1.47 bits per heavy atom. The minimum Gasteiger partial charge on any atom is -0.393 e. The molecule has 17 heavy (non-hydrogen) atoms. The van der Waals surface area contributed by atoms with Gasteiger partial charge >= 0.3 is 0 Å². The van der Waals surface area contributed by atoms with Gasteiger partial charge in [0.2, 0.25) is 0 Å². The average Bonchev–Trinajstić information content (AvgIpc) is 2.80. The molecule has 0 aromatic carbocycles. The summed E-state index contributed by atoms with van der Waals surface area (Å²) in [5, 5.41) is 14.6. The lowest BCUT2D eigenvalue weighted by atomic mass is 9.84. The second-order valence-electron chi connectivity index (χ2n) is 5.36. The topological polar surface area (TPSA) is 38.0 Å². The molecule has 3 heteroatoms. The number of aliphatic hydroxyl groups is 1. The first-order valence-electron chi connectivity index (χ1n) is 6.92. The van der Waals surface area contributed by atoms with Gasteiger partial charge in [0.05, 0.1) is 11.8 Å². The van der Waals surface area contributed by atoms with Crippen LogP contribution in [0.5, 0.6) is 0 Å². The van der Waals surface area contributed by atoms with Crippen molar-refractivity contribution in [2.45, 2.75) is 64.5 Å². The number of aliphatic hydroxyl groups excluding tert-OH is 1. The molecule has 3 unspecified atom stereocenters. The van der Waals surface area contributed by atoms with Gasteiger partial charge in [-0.15, -0.1) is 0 Å². The normalized spacial score (nSPS) is 27.0. The lowest BCUT2D eigenvalue weighted by Crippen LogP contribution is -2.26. The van der Waals surface area contributed by atoms with Crippen molar-refractivity contribution >= 4 is 0 Å². The fourth-order valence-electron chi connectivity index (χ4n) is 2.61. The Morgan fingerprint density at radius 3 is 2.94 bits per heavy atom. The highest BCUT2D eigenvalue weighted by Crippen LogP contribution is 2.27. The SMILES string of the molecule is CCC(C)n1ccc(CC2CCCCC2O)n1. The van der Waals surface area contributed by atoms with Crippen LogP contribution in [0.2, 0.25) is 0 Å². The van der Waals surface area contributed by atoms with E-state index in [0.29, 0.717) is 12.0 Å². The molecule has 0 spiro atoms. The molecular weight excluding hydrogens is 212 g/mol. The highest BCUT2D eigenvalue weighted by molar-refractivity contribution is 5.02.